The summed E-state index contributed by atoms with van der Waals surface area (Å²) in [5.74, 6) is 0.0790. The normalized spacial score (nSPS) is 12.9. The van der Waals surface area contributed by atoms with Gasteiger partial charge >= 0.3 is 0 Å². The number of nitrogens with zero attached hydrogens (tertiary/aromatic N) is 3. The summed E-state index contributed by atoms with van der Waals surface area (Å²) < 4.78 is 18.4. The molecule has 0 spiro atoms. The molecule has 2 aromatic rings. The summed E-state index contributed by atoms with van der Waals surface area (Å²) in [7, 11) is 3.80. The van der Waals surface area contributed by atoms with Crippen molar-refractivity contribution in [3.63, 3.8) is 0 Å². The van der Waals surface area contributed by atoms with Crippen LogP contribution < -0.4 is 5.73 Å². The van der Waals surface area contributed by atoms with E-state index < -0.39 is 5.82 Å². The van der Waals surface area contributed by atoms with Gasteiger partial charge in [-0.15, -0.1) is 0 Å². The van der Waals surface area contributed by atoms with E-state index in [-0.39, 0.29) is 17.0 Å². The van der Waals surface area contributed by atoms with E-state index >= 15 is 0 Å². The molecule has 0 amide bonds. The minimum absolute atomic E-state index is 0.0489. The second-order valence-corrected chi connectivity index (χ2v) is 4.86. The molecule has 0 aliphatic rings. The van der Waals surface area contributed by atoms with Crippen molar-refractivity contribution in [2.45, 2.75) is 6.04 Å². The van der Waals surface area contributed by atoms with Crippen LogP contribution in [0.5, 0.6) is 0 Å². The van der Waals surface area contributed by atoms with Crippen molar-refractivity contribution in [2.75, 3.05) is 20.6 Å². The van der Waals surface area contributed by atoms with E-state index in [9.17, 15) is 4.39 Å². The zero-order valence-electron chi connectivity index (χ0n) is 10.6. The summed E-state index contributed by atoms with van der Waals surface area (Å²) in [6, 6.07) is 3.94. The molecule has 1 aromatic carbocycles. The van der Waals surface area contributed by atoms with Crippen LogP contribution in [0, 0.1) is 5.82 Å². The maximum Gasteiger partial charge on any atom is 0.258 e. The van der Waals surface area contributed by atoms with Gasteiger partial charge in [0, 0.05) is 12.1 Å². The van der Waals surface area contributed by atoms with E-state index in [2.05, 4.69) is 10.1 Å². The van der Waals surface area contributed by atoms with Crippen molar-refractivity contribution in [1.29, 1.82) is 0 Å². The molecule has 0 radical (unpaired) electrons. The molecule has 0 saturated carbocycles. The lowest BCUT2D eigenvalue weighted by atomic mass is 10.2. The minimum Gasteiger partial charge on any atom is -0.334 e. The van der Waals surface area contributed by atoms with Crippen molar-refractivity contribution >= 4 is 11.6 Å². The van der Waals surface area contributed by atoms with Crippen LogP contribution in [0.25, 0.3) is 11.5 Å². The molecule has 2 rings (SSSR count). The van der Waals surface area contributed by atoms with Gasteiger partial charge in [0.1, 0.15) is 5.82 Å². The third-order valence-corrected chi connectivity index (χ3v) is 2.81. The molecule has 1 heterocycles. The molecule has 5 nitrogen and oxygen atoms in total. The van der Waals surface area contributed by atoms with Crippen LogP contribution in [-0.2, 0) is 0 Å². The molecule has 102 valence electrons. The van der Waals surface area contributed by atoms with Crippen molar-refractivity contribution < 1.29 is 8.91 Å². The number of rotatable bonds is 4. The summed E-state index contributed by atoms with van der Waals surface area (Å²) >= 11 is 5.61. The zero-order valence-corrected chi connectivity index (χ0v) is 11.4. The van der Waals surface area contributed by atoms with E-state index in [0.29, 0.717) is 17.9 Å². The number of hydrogen-bond donors (Lipinski definition) is 1. The Hall–Kier alpha value is -1.50. The Labute approximate surface area is 115 Å². The Morgan fingerprint density at radius 2 is 2.21 bits per heavy atom. The van der Waals surface area contributed by atoms with E-state index in [1.165, 1.54) is 12.1 Å². The lowest BCUT2D eigenvalue weighted by Gasteiger charge is -2.12. The second kappa shape index (κ2) is 5.64. The molecule has 19 heavy (non-hydrogen) atoms. The van der Waals surface area contributed by atoms with Gasteiger partial charge in [-0.2, -0.15) is 4.98 Å². The quantitative estimate of drug-likeness (QED) is 0.931. The maximum atomic E-state index is 13.3. The van der Waals surface area contributed by atoms with Gasteiger partial charge in [-0.05, 0) is 32.3 Å². The Bertz CT molecular complexity index is 573. The first kappa shape index (κ1) is 13.9. The highest BCUT2D eigenvalue weighted by molar-refractivity contribution is 6.30. The van der Waals surface area contributed by atoms with Crippen LogP contribution in [-0.4, -0.2) is 35.7 Å². The predicted octanol–water partition coefficient (Wildman–Crippen LogP) is 2.09. The van der Waals surface area contributed by atoms with Gasteiger partial charge in [-0.1, -0.05) is 16.8 Å². The standard InChI is InChI=1S/C12H14ClFN4O/c1-18(2)6-10(15)11-16-12(19-17-11)7-3-4-8(13)9(14)5-7/h3-5,10H,6,15H2,1-2H3. The van der Waals surface area contributed by atoms with Gasteiger partial charge in [0.2, 0.25) is 0 Å². The molecular weight excluding hydrogens is 271 g/mol. The Morgan fingerprint density at radius 3 is 2.84 bits per heavy atom. The van der Waals surface area contributed by atoms with Crippen LogP contribution in [0.4, 0.5) is 4.39 Å². The summed E-state index contributed by atoms with van der Waals surface area (Å²) in [6.07, 6.45) is 0. The minimum atomic E-state index is -0.531. The molecule has 1 unspecified atom stereocenters. The average molecular weight is 285 g/mol. The molecule has 0 saturated heterocycles. The molecule has 0 aliphatic carbocycles. The molecule has 0 aliphatic heterocycles. The third kappa shape index (κ3) is 3.28. The summed E-state index contributed by atoms with van der Waals surface area (Å²) in [5, 5.41) is 3.85. The molecule has 0 bridgehead atoms. The number of benzene rings is 1. The fraction of sp³-hybridized carbons (Fsp3) is 0.333. The summed E-state index contributed by atoms with van der Waals surface area (Å²) in [5.41, 5.74) is 6.39. The SMILES string of the molecule is CN(C)CC(N)c1noc(-c2ccc(Cl)c(F)c2)n1. The van der Waals surface area contributed by atoms with Gasteiger partial charge in [-0.3, -0.25) is 0 Å². The highest BCUT2D eigenvalue weighted by Crippen LogP contribution is 2.23. The fourth-order valence-corrected chi connectivity index (χ4v) is 1.72. The second-order valence-electron chi connectivity index (χ2n) is 4.46. The Morgan fingerprint density at radius 1 is 1.47 bits per heavy atom. The van der Waals surface area contributed by atoms with Gasteiger partial charge in [0.15, 0.2) is 5.82 Å². The Kier molecular flexibility index (Phi) is 4.14. The Balaban J connectivity index is 2.22. The van der Waals surface area contributed by atoms with E-state index in [4.69, 9.17) is 21.9 Å². The highest BCUT2D eigenvalue weighted by Gasteiger charge is 2.16. The van der Waals surface area contributed by atoms with Crippen molar-refractivity contribution in [3.8, 4) is 11.5 Å². The van der Waals surface area contributed by atoms with Crippen molar-refractivity contribution in [2.24, 2.45) is 5.73 Å². The van der Waals surface area contributed by atoms with Crippen LogP contribution >= 0.6 is 11.6 Å². The molecule has 0 fully saturated rings. The van der Waals surface area contributed by atoms with Crippen LogP contribution in [0.15, 0.2) is 22.7 Å². The smallest absolute Gasteiger partial charge is 0.258 e. The van der Waals surface area contributed by atoms with Crippen molar-refractivity contribution in [1.82, 2.24) is 15.0 Å². The predicted molar refractivity (Wildman–Crippen MR) is 70.2 cm³/mol. The number of nitrogens with two attached hydrogens (primary N) is 1. The van der Waals surface area contributed by atoms with Crippen molar-refractivity contribution in [3.05, 3.63) is 34.9 Å². The molecular formula is C12H14ClFN4O. The topological polar surface area (TPSA) is 68.2 Å². The van der Waals surface area contributed by atoms with Gasteiger partial charge in [0.25, 0.3) is 5.89 Å². The number of likely N-dealkylation sites (N-methyl/N-ethyl adjacent to an activating group) is 1. The van der Waals surface area contributed by atoms with Crippen LogP contribution in [0.3, 0.4) is 0 Å². The molecule has 7 heteroatoms. The summed E-state index contributed by atoms with van der Waals surface area (Å²) in [4.78, 5) is 6.08. The van der Waals surface area contributed by atoms with E-state index in [0.717, 1.165) is 0 Å². The van der Waals surface area contributed by atoms with Gasteiger partial charge in [-0.25, -0.2) is 4.39 Å². The maximum absolute atomic E-state index is 13.3. The third-order valence-electron chi connectivity index (χ3n) is 2.50. The first-order chi connectivity index (χ1) is 8.97. The molecule has 1 aromatic heterocycles. The highest BCUT2D eigenvalue weighted by atomic mass is 35.5. The van der Waals surface area contributed by atoms with Crippen LogP contribution in [0.2, 0.25) is 5.02 Å². The number of halogens is 2. The van der Waals surface area contributed by atoms with Crippen LogP contribution in [0.1, 0.15) is 11.9 Å². The largest absolute Gasteiger partial charge is 0.334 e. The monoisotopic (exact) mass is 284 g/mol. The first-order valence-electron chi connectivity index (χ1n) is 5.66. The van der Waals surface area contributed by atoms with Gasteiger partial charge < -0.3 is 15.2 Å². The number of hydrogen-bond acceptors (Lipinski definition) is 5. The zero-order chi connectivity index (χ0) is 14.0. The molecule has 1 atom stereocenters. The first-order valence-corrected chi connectivity index (χ1v) is 6.04. The fourth-order valence-electron chi connectivity index (χ4n) is 1.61. The van der Waals surface area contributed by atoms with E-state index in [1.807, 2.05) is 19.0 Å². The number of aromatic nitrogens is 2. The van der Waals surface area contributed by atoms with E-state index in [1.54, 1.807) is 6.07 Å². The lowest BCUT2D eigenvalue weighted by molar-refractivity contribution is 0.357. The summed E-state index contributed by atoms with van der Waals surface area (Å²) in [6.45, 7) is 0.591. The van der Waals surface area contributed by atoms with Gasteiger partial charge in [0.05, 0.1) is 11.1 Å². The molecule has 2 N–H and O–H groups in total. The average Bonchev–Trinajstić information content (AvgIpc) is 2.81. The lowest BCUT2D eigenvalue weighted by Crippen LogP contribution is -2.26.